The Morgan fingerprint density at radius 1 is 1.15 bits per heavy atom. The van der Waals surface area contributed by atoms with Crippen LogP contribution in [-0.4, -0.2) is 12.2 Å². The number of ether oxygens (including phenoxy) is 1. The van der Waals surface area contributed by atoms with Gasteiger partial charge in [0.2, 0.25) is 0 Å². The Bertz CT molecular complexity index is 619. The lowest BCUT2D eigenvalue weighted by atomic mass is 10.3. The van der Waals surface area contributed by atoms with Gasteiger partial charge >= 0.3 is 0 Å². The maximum atomic E-state index is 12.9. The molecule has 0 saturated heterocycles. The zero-order chi connectivity index (χ0) is 14.5. The summed E-state index contributed by atoms with van der Waals surface area (Å²) in [5, 5.41) is 6.53. The predicted octanol–water partition coefficient (Wildman–Crippen LogP) is 4.30. The van der Waals surface area contributed by atoms with Crippen LogP contribution in [0.1, 0.15) is 0 Å². The standard InChI is InChI=1S/C14H12ClFN2OS/c1-19-11-5-3-10(4-6-11)17-14(20)18-13-7-2-9(16)8-12(13)15/h2-8H,1H3,(H2,17,18,20). The van der Waals surface area contributed by atoms with Crippen molar-refractivity contribution in [2.45, 2.75) is 0 Å². The van der Waals surface area contributed by atoms with Gasteiger partial charge in [0.25, 0.3) is 0 Å². The summed E-state index contributed by atoms with van der Waals surface area (Å²) in [5.74, 6) is 0.366. The van der Waals surface area contributed by atoms with Gasteiger partial charge in [-0.1, -0.05) is 11.6 Å². The smallest absolute Gasteiger partial charge is 0.175 e. The van der Waals surface area contributed by atoms with Crippen LogP contribution in [0.5, 0.6) is 5.75 Å². The highest BCUT2D eigenvalue weighted by atomic mass is 35.5. The quantitative estimate of drug-likeness (QED) is 0.828. The third kappa shape index (κ3) is 3.82. The van der Waals surface area contributed by atoms with E-state index in [2.05, 4.69) is 10.6 Å². The molecule has 2 N–H and O–H groups in total. The van der Waals surface area contributed by atoms with E-state index in [4.69, 9.17) is 28.6 Å². The van der Waals surface area contributed by atoms with Crippen molar-refractivity contribution in [3.63, 3.8) is 0 Å². The van der Waals surface area contributed by atoms with Gasteiger partial charge < -0.3 is 15.4 Å². The van der Waals surface area contributed by atoms with Gasteiger partial charge in [-0.3, -0.25) is 0 Å². The van der Waals surface area contributed by atoms with Crippen molar-refractivity contribution in [1.82, 2.24) is 0 Å². The first-order valence-corrected chi connectivity index (χ1v) is 6.54. The number of hydrogen-bond donors (Lipinski definition) is 2. The van der Waals surface area contributed by atoms with Gasteiger partial charge in [-0.2, -0.15) is 0 Å². The van der Waals surface area contributed by atoms with Crippen LogP contribution in [0.15, 0.2) is 42.5 Å². The van der Waals surface area contributed by atoms with Crippen LogP contribution in [0, 0.1) is 5.82 Å². The molecule has 6 heteroatoms. The Morgan fingerprint density at radius 3 is 2.45 bits per heavy atom. The SMILES string of the molecule is COc1ccc(NC(=S)Nc2ccc(F)cc2Cl)cc1. The second kappa shape index (κ2) is 6.54. The molecule has 0 bridgehead atoms. The Labute approximate surface area is 126 Å². The topological polar surface area (TPSA) is 33.3 Å². The molecule has 0 atom stereocenters. The van der Waals surface area contributed by atoms with E-state index in [0.717, 1.165) is 11.4 Å². The molecule has 104 valence electrons. The zero-order valence-electron chi connectivity index (χ0n) is 10.6. The van der Waals surface area contributed by atoms with E-state index >= 15 is 0 Å². The fraction of sp³-hybridized carbons (Fsp3) is 0.0714. The highest BCUT2D eigenvalue weighted by Gasteiger charge is 2.04. The molecule has 0 saturated carbocycles. The molecule has 2 aromatic rings. The van der Waals surface area contributed by atoms with E-state index < -0.39 is 5.82 Å². The largest absolute Gasteiger partial charge is 0.497 e. The number of hydrogen-bond acceptors (Lipinski definition) is 2. The molecule has 0 fully saturated rings. The lowest BCUT2D eigenvalue weighted by Crippen LogP contribution is -2.19. The molecule has 0 aliphatic heterocycles. The zero-order valence-corrected chi connectivity index (χ0v) is 12.2. The average Bonchev–Trinajstić information content (AvgIpc) is 2.43. The molecular weight excluding hydrogens is 299 g/mol. The molecule has 2 aromatic carbocycles. The number of nitrogens with one attached hydrogen (secondary N) is 2. The summed E-state index contributed by atoms with van der Waals surface area (Å²) >= 11 is 11.1. The second-order valence-electron chi connectivity index (χ2n) is 3.93. The van der Waals surface area contributed by atoms with E-state index in [1.54, 1.807) is 7.11 Å². The lowest BCUT2D eigenvalue weighted by molar-refractivity contribution is 0.415. The van der Waals surface area contributed by atoms with Crippen molar-refractivity contribution in [2.75, 3.05) is 17.7 Å². The minimum Gasteiger partial charge on any atom is -0.497 e. The van der Waals surface area contributed by atoms with E-state index in [0.29, 0.717) is 10.8 Å². The number of benzene rings is 2. The van der Waals surface area contributed by atoms with E-state index in [9.17, 15) is 4.39 Å². The van der Waals surface area contributed by atoms with Crippen LogP contribution in [0.2, 0.25) is 5.02 Å². The maximum absolute atomic E-state index is 12.9. The molecule has 0 aromatic heterocycles. The number of anilines is 2. The van der Waals surface area contributed by atoms with Crippen LogP contribution in [0.25, 0.3) is 0 Å². The molecule has 0 radical (unpaired) electrons. The first kappa shape index (κ1) is 14.6. The van der Waals surface area contributed by atoms with Crippen molar-refractivity contribution in [3.8, 4) is 5.75 Å². The minimum atomic E-state index is -0.394. The average molecular weight is 311 g/mol. The molecule has 0 amide bonds. The summed E-state index contributed by atoms with van der Waals surface area (Å²) < 4.78 is 18.0. The summed E-state index contributed by atoms with van der Waals surface area (Å²) in [6, 6.07) is 11.4. The highest BCUT2D eigenvalue weighted by molar-refractivity contribution is 7.80. The maximum Gasteiger partial charge on any atom is 0.175 e. The Kier molecular flexibility index (Phi) is 4.76. The summed E-state index contributed by atoms with van der Waals surface area (Å²) in [4.78, 5) is 0. The predicted molar refractivity (Wildman–Crippen MR) is 84.2 cm³/mol. The normalized spacial score (nSPS) is 9.95. The number of rotatable bonds is 3. The molecule has 20 heavy (non-hydrogen) atoms. The van der Waals surface area contributed by atoms with Gasteiger partial charge in [-0.25, -0.2) is 4.39 Å². The Morgan fingerprint density at radius 2 is 1.85 bits per heavy atom. The highest BCUT2D eigenvalue weighted by Crippen LogP contribution is 2.23. The summed E-state index contributed by atoms with van der Waals surface area (Å²) in [6.45, 7) is 0. The van der Waals surface area contributed by atoms with Gasteiger partial charge in [0.05, 0.1) is 17.8 Å². The van der Waals surface area contributed by atoms with Gasteiger partial charge in [0.1, 0.15) is 11.6 Å². The van der Waals surface area contributed by atoms with Crippen LogP contribution >= 0.6 is 23.8 Å². The van der Waals surface area contributed by atoms with Crippen molar-refractivity contribution in [3.05, 3.63) is 53.3 Å². The van der Waals surface area contributed by atoms with Crippen molar-refractivity contribution in [2.24, 2.45) is 0 Å². The van der Waals surface area contributed by atoms with Crippen molar-refractivity contribution < 1.29 is 9.13 Å². The fourth-order valence-electron chi connectivity index (χ4n) is 1.55. The number of methoxy groups -OCH3 is 1. The number of halogens is 2. The summed E-state index contributed by atoms with van der Waals surface area (Å²) in [7, 11) is 1.60. The van der Waals surface area contributed by atoms with Crippen LogP contribution < -0.4 is 15.4 Å². The first-order valence-electron chi connectivity index (χ1n) is 5.75. The Hall–Kier alpha value is -1.85. The molecule has 2 rings (SSSR count). The fourth-order valence-corrected chi connectivity index (χ4v) is 1.99. The first-order chi connectivity index (χ1) is 9.58. The third-order valence-corrected chi connectivity index (χ3v) is 3.04. The Balaban J connectivity index is 2.01. The van der Waals surface area contributed by atoms with Crippen LogP contribution in [-0.2, 0) is 0 Å². The number of thiocarbonyl (C=S) groups is 1. The van der Waals surface area contributed by atoms with Gasteiger partial charge in [0.15, 0.2) is 5.11 Å². The van der Waals surface area contributed by atoms with Crippen LogP contribution in [0.3, 0.4) is 0 Å². The monoisotopic (exact) mass is 310 g/mol. The molecule has 0 spiro atoms. The van der Waals surface area contributed by atoms with Crippen LogP contribution in [0.4, 0.5) is 15.8 Å². The lowest BCUT2D eigenvalue weighted by Gasteiger charge is -2.12. The summed E-state index contributed by atoms with van der Waals surface area (Å²) in [6.07, 6.45) is 0. The van der Waals surface area contributed by atoms with Crippen molar-refractivity contribution >= 4 is 40.3 Å². The molecule has 0 unspecified atom stereocenters. The molecule has 0 aliphatic carbocycles. The minimum absolute atomic E-state index is 0.267. The van der Waals surface area contributed by atoms with Gasteiger partial charge in [-0.15, -0.1) is 0 Å². The molecular formula is C14H12ClFN2OS. The third-order valence-electron chi connectivity index (χ3n) is 2.53. The van der Waals surface area contributed by atoms with Crippen molar-refractivity contribution in [1.29, 1.82) is 0 Å². The summed E-state index contributed by atoms with van der Waals surface area (Å²) in [5.41, 5.74) is 1.35. The molecule has 3 nitrogen and oxygen atoms in total. The second-order valence-corrected chi connectivity index (χ2v) is 4.75. The molecule has 0 aliphatic rings. The van der Waals surface area contributed by atoms with E-state index in [-0.39, 0.29) is 5.02 Å². The van der Waals surface area contributed by atoms with E-state index in [1.807, 2.05) is 24.3 Å². The van der Waals surface area contributed by atoms with Gasteiger partial charge in [0, 0.05) is 5.69 Å². The van der Waals surface area contributed by atoms with Gasteiger partial charge in [-0.05, 0) is 54.7 Å². The molecule has 0 heterocycles. The van der Waals surface area contributed by atoms with E-state index in [1.165, 1.54) is 18.2 Å².